The summed E-state index contributed by atoms with van der Waals surface area (Å²) in [6.07, 6.45) is 0.232. The first-order valence-electron chi connectivity index (χ1n) is 6.53. The van der Waals surface area contributed by atoms with Crippen molar-refractivity contribution < 1.29 is 19.2 Å². The van der Waals surface area contributed by atoms with Crippen LogP contribution < -0.4 is 5.32 Å². The van der Waals surface area contributed by atoms with E-state index in [-0.39, 0.29) is 12.8 Å². The Balaban J connectivity index is 1.96. The van der Waals surface area contributed by atoms with Crippen molar-refractivity contribution in [1.29, 1.82) is 0 Å². The maximum absolute atomic E-state index is 11.9. The average Bonchev–Trinajstić information content (AvgIpc) is 2.84. The zero-order valence-corrected chi connectivity index (χ0v) is 11.6. The number of amides is 1. The second-order valence-corrected chi connectivity index (χ2v) is 4.75. The molecule has 0 aliphatic rings. The largest absolute Gasteiger partial charge is 0.480 e. The minimum atomic E-state index is -1.07. The molecular weight excluding hydrogens is 272 g/mol. The number of rotatable bonds is 6. The summed E-state index contributed by atoms with van der Waals surface area (Å²) in [7, 11) is 0. The van der Waals surface area contributed by atoms with E-state index in [4.69, 9.17) is 4.52 Å². The summed E-state index contributed by atoms with van der Waals surface area (Å²) in [6, 6.07) is 9.83. The molecule has 2 aromatic rings. The topological polar surface area (TPSA) is 92.4 Å². The lowest BCUT2D eigenvalue weighted by molar-refractivity contribution is -0.141. The van der Waals surface area contributed by atoms with Crippen molar-refractivity contribution in [3.05, 3.63) is 53.4 Å². The monoisotopic (exact) mass is 288 g/mol. The predicted molar refractivity (Wildman–Crippen MR) is 74.7 cm³/mol. The zero-order chi connectivity index (χ0) is 15.2. The molecule has 2 N–H and O–H groups in total. The number of nitrogens with zero attached hydrogens (tertiary/aromatic N) is 1. The van der Waals surface area contributed by atoms with Crippen molar-refractivity contribution >= 4 is 11.9 Å². The average molecular weight is 288 g/mol. The highest BCUT2D eigenvalue weighted by Gasteiger charge is 2.21. The molecule has 1 heterocycles. The molecule has 110 valence electrons. The van der Waals surface area contributed by atoms with Gasteiger partial charge in [0.15, 0.2) is 0 Å². The zero-order valence-electron chi connectivity index (χ0n) is 11.6. The van der Waals surface area contributed by atoms with Gasteiger partial charge in [-0.3, -0.25) is 4.79 Å². The lowest BCUT2D eigenvalue weighted by atomic mass is 10.1. The Morgan fingerprint density at radius 1 is 1.33 bits per heavy atom. The van der Waals surface area contributed by atoms with Crippen molar-refractivity contribution in [1.82, 2.24) is 10.5 Å². The Morgan fingerprint density at radius 2 is 2.05 bits per heavy atom. The Bertz CT molecular complexity index is 622. The van der Waals surface area contributed by atoms with E-state index in [2.05, 4.69) is 10.5 Å². The van der Waals surface area contributed by atoms with Crippen LogP contribution in [0.25, 0.3) is 0 Å². The molecule has 0 saturated heterocycles. The highest BCUT2D eigenvalue weighted by molar-refractivity contribution is 5.84. The van der Waals surface area contributed by atoms with Crippen LogP contribution in [-0.4, -0.2) is 28.2 Å². The molecule has 1 unspecified atom stereocenters. The van der Waals surface area contributed by atoms with E-state index in [9.17, 15) is 14.7 Å². The minimum absolute atomic E-state index is 0.00406. The highest BCUT2D eigenvalue weighted by atomic mass is 16.5. The van der Waals surface area contributed by atoms with Gasteiger partial charge in [0.05, 0.1) is 12.1 Å². The molecule has 0 aliphatic heterocycles. The van der Waals surface area contributed by atoms with E-state index in [1.165, 1.54) is 0 Å². The summed E-state index contributed by atoms with van der Waals surface area (Å²) in [5, 5.41) is 15.4. The van der Waals surface area contributed by atoms with Gasteiger partial charge in [0.1, 0.15) is 11.8 Å². The van der Waals surface area contributed by atoms with Crippen LogP contribution in [-0.2, 0) is 22.4 Å². The van der Waals surface area contributed by atoms with Crippen LogP contribution in [0.5, 0.6) is 0 Å². The van der Waals surface area contributed by atoms with Crippen molar-refractivity contribution in [2.24, 2.45) is 0 Å². The fourth-order valence-electron chi connectivity index (χ4n) is 1.96. The number of aromatic nitrogens is 1. The van der Waals surface area contributed by atoms with E-state index in [1.807, 2.05) is 30.3 Å². The van der Waals surface area contributed by atoms with Crippen molar-refractivity contribution in [3.63, 3.8) is 0 Å². The molecule has 21 heavy (non-hydrogen) atoms. The van der Waals surface area contributed by atoms with E-state index >= 15 is 0 Å². The van der Waals surface area contributed by atoms with Crippen LogP contribution in [0.3, 0.4) is 0 Å². The number of carbonyl (C=O) groups excluding carboxylic acids is 1. The SMILES string of the molecule is Cc1cc(CC(=O)NC(Cc2ccccc2)C(=O)O)no1. The number of benzene rings is 1. The number of aliphatic carboxylic acids is 1. The van der Waals surface area contributed by atoms with Crippen LogP contribution in [0.2, 0.25) is 0 Å². The molecule has 6 nitrogen and oxygen atoms in total. The molecule has 0 fully saturated rings. The second kappa shape index (κ2) is 6.69. The molecule has 0 bridgehead atoms. The van der Waals surface area contributed by atoms with Crippen LogP contribution in [0.15, 0.2) is 40.9 Å². The number of hydrogen-bond donors (Lipinski definition) is 2. The summed E-state index contributed by atoms with van der Waals surface area (Å²) in [4.78, 5) is 23.1. The van der Waals surface area contributed by atoms with E-state index in [1.54, 1.807) is 13.0 Å². The molecule has 1 atom stereocenters. The molecule has 6 heteroatoms. The van der Waals surface area contributed by atoms with Gasteiger partial charge in [-0.05, 0) is 12.5 Å². The minimum Gasteiger partial charge on any atom is -0.480 e. The quantitative estimate of drug-likeness (QED) is 0.836. The first-order valence-corrected chi connectivity index (χ1v) is 6.53. The molecule has 1 amide bonds. The number of carbonyl (C=O) groups is 2. The third kappa shape index (κ3) is 4.45. The summed E-state index contributed by atoms with van der Waals surface area (Å²) in [5.41, 5.74) is 1.33. The Morgan fingerprint density at radius 3 is 2.62 bits per heavy atom. The van der Waals surface area contributed by atoms with Gasteiger partial charge in [0, 0.05) is 12.5 Å². The maximum Gasteiger partial charge on any atom is 0.326 e. The molecule has 1 aromatic heterocycles. The van der Waals surface area contributed by atoms with Gasteiger partial charge in [-0.25, -0.2) is 4.79 Å². The van der Waals surface area contributed by atoms with Gasteiger partial charge < -0.3 is 14.9 Å². The van der Waals surface area contributed by atoms with E-state index < -0.39 is 17.9 Å². The molecule has 0 saturated carbocycles. The molecule has 0 radical (unpaired) electrons. The van der Waals surface area contributed by atoms with Gasteiger partial charge in [-0.15, -0.1) is 0 Å². The van der Waals surface area contributed by atoms with Crippen LogP contribution in [0.1, 0.15) is 17.0 Å². The number of carboxylic acids is 1. The highest BCUT2D eigenvalue weighted by Crippen LogP contribution is 2.05. The number of nitrogens with one attached hydrogen (secondary N) is 1. The van der Waals surface area contributed by atoms with E-state index in [0.717, 1.165) is 5.56 Å². The van der Waals surface area contributed by atoms with E-state index in [0.29, 0.717) is 11.5 Å². The van der Waals surface area contributed by atoms with Crippen molar-refractivity contribution in [2.75, 3.05) is 0 Å². The lowest BCUT2D eigenvalue weighted by Gasteiger charge is -2.14. The first kappa shape index (κ1) is 14.8. The van der Waals surface area contributed by atoms with Gasteiger partial charge in [0.25, 0.3) is 0 Å². The molecule has 0 spiro atoms. The standard InChI is InChI=1S/C15H16N2O4/c1-10-7-12(17-21-10)9-14(18)16-13(15(19)20)8-11-5-3-2-4-6-11/h2-7,13H,8-9H2,1H3,(H,16,18)(H,19,20). The van der Waals surface area contributed by atoms with Gasteiger partial charge in [0.2, 0.25) is 5.91 Å². The Hall–Kier alpha value is -2.63. The van der Waals surface area contributed by atoms with Crippen LogP contribution in [0, 0.1) is 6.92 Å². The van der Waals surface area contributed by atoms with Gasteiger partial charge in [-0.2, -0.15) is 0 Å². The maximum atomic E-state index is 11.9. The van der Waals surface area contributed by atoms with Crippen LogP contribution >= 0.6 is 0 Å². The smallest absolute Gasteiger partial charge is 0.326 e. The fourth-order valence-corrected chi connectivity index (χ4v) is 1.96. The number of aryl methyl sites for hydroxylation is 1. The summed E-state index contributed by atoms with van der Waals surface area (Å²) in [6.45, 7) is 1.73. The number of carboxylic acid groups (broad SMARTS) is 1. The molecule has 2 rings (SSSR count). The number of hydrogen-bond acceptors (Lipinski definition) is 4. The fraction of sp³-hybridized carbons (Fsp3) is 0.267. The Labute approximate surface area is 121 Å². The second-order valence-electron chi connectivity index (χ2n) is 4.75. The van der Waals surface area contributed by atoms with Crippen molar-refractivity contribution in [3.8, 4) is 0 Å². The van der Waals surface area contributed by atoms with Crippen molar-refractivity contribution in [2.45, 2.75) is 25.8 Å². The third-order valence-corrected chi connectivity index (χ3v) is 2.93. The Kier molecular flexibility index (Phi) is 4.71. The third-order valence-electron chi connectivity index (χ3n) is 2.93. The summed E-state index contributed by atoms with van der Waals surface area (Å²) < 4.78 is 4.87. The van der Waals surface area contributed by atoms with Gasteiger partial charge in [-0.1, -0.05) is 35.5 Å². The molecule has 0 aliphatic carbocycles. The normalized spacial score (nSPS) is 11.9. The van der Waals surface area contributed by atoms with Crippen LogP contribution in [0.4, 0.5) is 0 Å². The lowest BCUT2D eigenvalue weighted by Crippen LogP contribution is -2.43. The molecular formula is C15H16N2O4. The summed E-state index contributed by atoms with van der Waals surface area (Å²) >= 11 is 0. The molecule has 1 aromatic carbocycles. The summed E-state index contributed by atoms with van der Waals surface area (Å²) in [5.74, 6) is -0.855. The first-order chi connectivity index (χ1) is 10.0. The predicted octanol–water partition coefficient (Wildman–Crippen LogP) is 1.34. The van der Waals surface area contributed by atoms with Gasteiger partial charge >= 0.3 is 5.97 Å².